The van der Waals surface area contributed by atoms with Crippen molar-refractivity contribution in [1.82, 2.24) is 4.90 Å². The molecular weight excluding hydrogens is 386 g/mol. The number of hydrogen-bond acceptors (Lipinski definition) is 4. The maximum Gasteiger partial charge on any atom is 0.253 e. The number of carbonyl (C=O) groups excluding carboxylic acids is 1. The highest BCUT2D eigenvalue weighted by Gasteiger charge is 2.23. The molecule has 0 atom stereocenters. The van der Waals surface area contributed by atoms with Crippen molar-refractivity contribution in [3.63, 3.8) is 0 Å². The van der Waals surface area contributed by atoms with Gasteiger partial charge in [0, 0.05) is 42.5 Å². The van der Waals surface area contributed by atoms with Crippen LogP contribution in [0, 0.1) is 6.92 Å². The van der Waals surface area contributed by atoms with Crippen LogP contribution in [0.5, 0.6) is 0 Å². The molecule has 27 heavy (non-hydrogen) atoms. The van der Waals surface area contributed by atoms with Gasteiger partial charge in [0.25, 0.3) is 5.91 Å². The van der Waals surface area contributed by atoms with E-state index in [9.17, 15) is 13.2 Å². The number of carbonyl (C=O) groups is 1. The molecule has 1 heterocycles. The Morgan fingerprint density at radius 3 is 2.37 bits per heavy atom. The summed E-state index contributed by atoms with van der Waals surface area (Å²) in [5.74, 6) is -0.0465. The summed E-state index contributed by atoms with van der Waals surface area (Å²) in [7, 11) is -3.35. The summed E-state index contributed by atoms with van der Waals surface area (Å²) in [6.07, 6.45) is 1.10. The standard InChI is InChI=1S/C19H22ClN3O3S/c1-14-12-15(6-7-18(14)21-27(2,25)26)19(24)23-10-8-22(9-11-23)17-5-3-4-16(20)13-17/h3-7,12-13,21H,8-11H2,1-2H3. The number of hydrogen-bond donors (Lipinski definition) is 1. The number of anilines is 2. The number of rotatable bonds is 4. The molecule has 0 bridgehead atoms. The van der Waals surface area contributed by atoms with Gasteiger partial charge >= 0.3 is 0 Å². The molecule has 1 saturated heterocycles. The minimum atomic E-state index is -3.35. The summed E-state index contributed by atoms with van der Waals surface area (Å²) >= 11 is 6.06. The highest BCUT2D eigenvalue weighted by Crippen LogP contribution is 2.22. The van der Waals surface area contributed by atoms with Crippen molar-refractivity contribution in [3.05, 3.63) is 58.6 Å². The Kier molecular flexibility index (Phi) is 5.62. The van der Waals surface area contributed by atoms with Crippen molar-refractivity contribution in [2.75, 3.05) is 42.1 Å². The fourth-order valence-corrected chi connectivity index (χ4v) is 3.95. The fraction of sp³-hybridized carbons (Fsp3) is 0.316. The molecule has 1 fully saturated rings. The summed E-state index contributed by atoms with van der Waals surface area (Å²) in [6, 6.07) is 12.7. The predicted octanol–water partition coefficient (Wildman–Crippen LogP) is 2.98. The smallest absolute Gasteiger partial charge is 0.253 e. The first kappa shape index (κ1) is 19.5. The number of nitrogens with one attached hydrogen (secondary N) is 1. The maximum absolute atomic E-state index is 12.8. The van der Waals surface area contributed by atoms with E-state index >= 15 is 0 Å². The van der Waals surface area contributed by atoms with Gasteiger partial charge in [-0.05, 0) is 48.9 Å². The van der Waals surface area contributed by atoms with E-state index < -0.39 is 10.0 Å². The van der Waals surface area contributed by atoms with Crippen LogP contribution in [0.2, 0.25) is 5.02 Å². The van der Waals surface area contributed by atoms with Crippen molar-refractivity contribution in [3.8, 4) is 0 Å². The lowest BCUT2D eigenvalue weighted by atomic mass is 10.1. The third kappa shape index (κ3) is 4.93. The van der Waals surface area contributed by atoms with E-state index in [1.54, 1.807) is 25.1 Å². The van der Waals surface area contributed by atoms with Crippen LogP contribution in [-0.2, 0) is 10.0 Å². The van der Waals surface area contributed by atoms with Crippen LogP contribution in [0.25, 0.3) is 0 Å². The van der Waals surface area contributed by atoms with Crippen molar-refractivity contribution in [2.24, 2.45) is 0 Å². The third-order valence-electron chi connectivity index (χ3n) is 4.51. The average molecular weight is 408 g/mol. The topological polar surface area (TPSA) is 69.7 Å². The molecule has 0 radical (unpaired) electrons. The number of nitrogens with zero attached hydrogens (tertiary/aromatic N) is 2. The Bertz CT molecular complexity index is 954. The molecule has 0 aromatic heterocycles. The van der Waals surface area contributed by atoms with E-state index in [4.69, 9.17) is 11.6 Å². The Morgan fingerprint density at radius 2 is 1.78 bits per heavy atom. The van der Waals surface area contributed by atoms with Gasteiger partial charge in [-0.3, -0.25) is 9.52 Å². The minimum Gasteiger partial charge on any atom is -0.368 e. The normalized spacial score (nSPS) is 14.9. The van der Waals surface area contributed by atoms with Crippen molar-refractivity contribution in [1.29, 1.82) is 0 Å². The van der Waals surface area contributed by atoms with Crippen molar-refractivity contribution in [2.45, 2.75) is 6.92 Å². The van der Waals surface area contributed by atoms with E-state index in [0.717, 1.165) is 25.0 Å². The number of benzene rings is 2. The zero-order valence-corrected chi connectivity index (χ0v) is 16.8. The minimum absolute atomic E-state index is 0.0465. The fourth-order valence-electron chi connectivity index (χ4n) is 3.13. The molecule has 1 aliphatic rings. The van der Waals surface area contributed by atoms with Gasteiger partial charge in [0.05, 0.1) is 11.9 Å². The van der Waals surface area contributed by atoms with Gasteiger partial charge in [-0.15, -0.1) is 0 Å². The van der Waals surface area contributed by atoms with E-state index in [2.05, 4.69) is 9.62 Å². The van der Waals surface area contributed by atoms with Gasteiger partial charge < -0.3 is 9.80 Å². The average Bonchev–Trinajstić information content (AvgIpc) is 2.62. The van der Waals surface area contributed by atoms with Crippen LogP contribution in [-0.4, -0.2) is 51.7 Å². The van der Waals surface area contributed by atoms with Gasteiger partial charge in [-0.2, -0.15) is 0 Å². The lowest BCUT2D eigenvalue weighted by Crippen LogP contribution is -2.48. The molecule has 0 spiro atoms. The second kappa shape index (κ2) is 7.78. The van der Waals surface area contributed by atoms with E-state index in [1.807, 2.05) is 29.2 Å². The van der Waals surface area contributed by atoms with Gasteiger partial charge in [0.2, 0.25) is 10.0 Å². The molecule has 2 aromatic rings. The second-order valence-electron chi connectivity index (χ2n) is 6.66. The molecule has 8 heteroatoms. The van der Waals surface area contributed by atoms with Gasteiger partial charge in [-0.1, -0.05) is 17.7 Å². The first-order chi connectivity index (χ1) is 12.7. The highest BCUT2D eigenvalue weighted by molar-refractivity contribution is 7.92. The van der Waals surface area contributed by atoms with Crippen LogP contribution >= 0.6 is 11.6 Å². The first-order valence-electron chi connectivity index (χ1n) is 8.61. The molecule has 1 amide bonds. The molecule has 144 valence electrons. The zero-order valence-electron chi connectivity index (χ0n) is 15.3. The number of halogens is 1. The van der Waals surface area contributed by atoms with Gasteiger partial charge in [0.1, 0.15) is 0 Å². The number of piperazine rings is 1. The van der Waals surface area contributed by atoms with Crippen LogP contribution in [0.3, 0.4) is 0 Å². The van der Waals surface area contributed by atoms with E-state index in [0.29, 0.717) is 34.9 Å². The Morgan fingerprint density at radius 1 is 1.07 bits per heavy atom. The number of amides is 1. The molecule has 0 unspecified atom stereocenters. The molecule has 2 aromatic carbocycles. The second-order valence-corrected chi connectivity index (χ2v) is 8.85. The maximum atomic E-state index is 12.8. The van der Waals surface area contributed by atoms with Gasteiger partial charge in [-0.25, -0.2) is 8.42 Å². The molecule has 6 nitrogen and oxygen atoms in total. The summed E-state index contributed by atoms with van der Waals surface area (Å²) in [6.45, 7) is 4.49. The lowest BCUT2D eigenvalue weighted by Gasteiger charge is -2.36. The molecule has 1 N–H and O–H groups in total. The summed E-state index contributed by atoms with van der Waals surface area (Å²) in [5.41, 5.74) is 2.81. The van der Waals surface area contributed by atoms with Crippen molar-refractivity contribution >= 4 is 38.9 Å². The zero-order chi connectivity index (χ0) is 19.6. The highest BCUT2D eigenvalue weighted by atomic mass is 35.5. The molecule has 0 aliphatic carbocycles. The molecule has 0 saturated carbocycles. The third-order valence-corrected chi connectivity index (χ3v) is 5.33. The first-order valence-corrected chi connectivity index (χ1v) is 10.9. The summed E-state index contributed by atoms with van der Waals surface area (Å²) in [4.78, 5) is 16.8. The van der Waals surface area contributed by atoms with Crippen LogP contribution < -0.4 is 9.62 Å². The SMILES string of the molecule is Cc1cc(C(=O)N2CCN(c3cccc(Cl)c3)CC2)ccc1NS(C)(=O)=O. The Balaban J connectivity index is 1.66. The van der Waals surface area contributed by atoms with Crippen LogP contribution in [0.4, 0.5) is 11.4 Å². The molecule has 3 rings (SSSR count). The Labute approximate surface area is 164 Å². The molecule has 1 aliphatic heterocycles. The van der Waals surface area contributed by atoms with E-state index in [1.165, 1.54) is 0 Å². The van der Waals surface area contributed by atoms with Gasteiger partial charge in [0.15, 0.2) is 0 Å². The quantitative estimate of drug-likeness (QED) is 0.845. The lowest BCUT2D eigenvalue weighted by molar-refractivity contribution is 0.0746. The van der Waals surface area contributed by atoms with Crippen LogP contribution in [0.1, 0.15) is 15.9 Å². The largest absolute Gasteiger partial charge is 0.368 e. The molecular formula is C19H22ClN3O3S. The number of sulfonamides is 1. The summed E-state index contributed by atoms with van der Waals surface area (Å²) < 4.78 is 25.2. The number of aryl methyl sites for hydroxylation is 1. The predicted molar refractivity (Wildman–Crippen MR) is 109 cm³/mol. The summed E-state index contributed by atoms with van der Waals surface area (Å²) in [5, 5.41) is 0.698. The van der Waals surface area contributed by atoms with Crippen molar-refractivity contribution < 1.29 is 13.2 Å². The monoisotopic (exact) mass is 407 g/mol. The van der Waals surface area contributed by atoms with Crippen LogP contribution in [0.15, 0.2) is 42.5 Å². The Hall–Kier alpha value is -2.25. The van der Waals surface area contributed by atoms with E-state index in [-0.39, 0.29) is 5.91 Å².